The van der Waals surface area contributed by atoms with Gasteiger partial charge in [0.15, 0.2) is 11.5 Å². The van der Waals surface area contributed by atoms with Crippen LogP contribution in [-0.4, -0.2) is 54.4 Å². The molecule has 4 rings (SSSR count). The number of benzene rings is 2. The van der Waals surface area contributed by atoms with Gasteiger partial charge in [-0.2, -0.15) is 4.63 Å². The lowest BCUT2D eigenvalue weighted by molar-refractivity contribution is -0.144. The van der Waals surface area contributed by atoms with E-state index in [1.54, 1.807) is 42.7 Å². The molecule has 4 N–H and O–H groups in total. The van der Waals surface area contributed by atoms with Crippen LogP contribution in [0.3, 0.4) is 0 Å². The van der Waals surface area contributed by atoms with Crippen molar-refractivity contribution in [2.24, 2.45) is 0 Å². The van der Waals surface area contributed by atoms with E-state index in [9.17, 15) is 9.59 Å². The number of anilines is 1. The number of aromatic amines is 1. The van der Waals surface area contributed by atoms with E-state index in [0.717, 1.165) is 24.1 Å². The normalized spacial score (nSPS) is 11.0. The van der Waals surface area contributed by atoms with Gasteiger partial charge in [0.05, 0.1) is 18.7 Å². The largest absolute Gasteiger partial charge is 0.508 e. The minimum atomic E-state index is -0.326. The zero-order valence-electron chi connectivity index (χ0n) is 32.4. The SMILES string of the molecule is CCCCCCCCCCCCCCOC(=O)CCC(=O)Nc1ccc(-c2nc3c(Cl)c(C(C)(C)C)[nH]n3n2)cc1.Cc1cc(O)c(C)cc1O.[CH-]=S. The van der Waals surface area contributed by atoms with Crippen LogP contribution in [0.15, 0.2) is 36.4 Å². The third kappa shape index (κ3) is 15.9. The van der Waals surface area contributed by atoms with Gasteiger partial charge in [0.2, 0.25) is 5.91 Å². The van der Waals surface area contributed by atoms with Crippen LogP contribution in [0.2, 0.25) is 5.02 Å². The van der Waals surface area contributed by atoms with Crippen LogP contribution in [-0.2, 0) is 19.7 Å². The standard InChI is InChI=1S/C32H48ClN5O3.C8H10O2.CHS/c1-5-6-7-8-9-10-11-12-13-14-15-16-23-41-27(40)22-21-26(39)34-25-19-17-24(18-20-25)30-35-31-28(33)29(32(2,3)4)36-38(31)37-30;1-5-3-8(10)6(2)4-7(5)9;1-2/h17-20,36H,5-16,21-23H2,1-4H3,(H,34,39);3-4,9-10H,1-2H3;1H/q;;-1. The molecule has 0 bridgehead atoms. The Kier molecular flexibility index (Phi) is 20.2. The number of thiocarbonyl (C=S) groups is 1. The van der Waals surface area contributed by atoms with E-state index in [-0.39, 0.29) is 41.6 Å². The van der Waals surface area contributed by atoms with Crippen LogP contribution in [0.1, 0.15) is 134 Å². The van der Waals surface area contributed by atoms with E-state index in [0.29, 0.717) is 39.9 Å². The van der Waals surface area contributed by atoms with Gasteiger partial charge in [-0.25, -0.2) is 4.98 Å². The number of carbonyl (C=O) groups excluding carboxylic acids is 2. The molecule has 1 amide bonds. The van der Waals surface area contributed by atoms with Crippen molar-refractivity contribution >= 4 is 52.9 Å². The summed E-state index contributed by atoms with van der Waals surface area (Å²) in [7, 11) is 0. The van der Waals surface area contributed by atoms with Gasteiger partial charge in [0.25, 0.3) is 0 Å². The molecule has 0 aliphatic carbocycles. The molecule has 4 aromatic rings. The topological polar surface area (TPSA) is 142 Å². The molecule has 0 saturated heterocycles. The number of esters is 1. The Morgan fingerprint density at radius 3 is 1.87 bits per heavy atom. The summed E-state index contributed by atoms with van der Waals surface area (Å²) in [6, 6.07) is 10.3. The van der Waals surface area contributed by atoms with Crippen molar-refractivity contribution in [2.75, 3.05) is 11.9 Å². The zero-order valence-corrected chi connectivity index (χ0v) is 34.0. The number of phenols is 2. The number of aryl methyl sites for hydroxylation is 2. The van der Waals surface area contributed by atoms with Gasteiger partial charge < -0.3 is 38.4 Å². The molecule has 0 atom stereocenters. The Hall–Kier alpha value is -3.96. The lowest BCUT2D eigenvalue weighted by Gasteiger charge is -2.16. The van der Waals surface area contributed by atoms with Crippen molar-refractivity contribution in [2.45, 2.75) is 137 Å². The number of unbranched alkanes of at least 4 members (excludes halogenated alkanes) is 11. The van der Waals surface area contributed by atoms with Gasteiger partial charge in [0, 0.05) is 23.1 Å². The maximum atomic E-state index is 12.3. The van der Waals surface area contributed by atoms with Gasteiger partial charge in [-0.05, 0) is 67.8 Å². The fraction of sp³-hybridized carbons (Fsp3) is 0.537. The highest BCUT2D eigenvalue weighted by molar-refractivity contribution is 7.77. The molecule has 0 fully saturated rings. The average molecular weight is 769 g/mol. The maximum absolute atomic E-state index is 12.3. The number of rotatable bonds is 18. The predicted octanol–water partition coefficient (Wildman–Crippen LogP) is 10.8. The predicted molar refractivity (Wildman–Crippen MR) is 219 cm³/mol. The number of nitrogens with one attached hydrogen (secondary N) is 2. The summed E-state index contributed by atoms with van der Waals surface area (Å²) in [6.07, 6.45) is 15.4. The van der Waals surface area contributed by atoms with E-state index in [1.165, 1.54) is 64.2 Å². The Balaban J connectivity index is 0.000000690. The molecule has 0 unspecified atom stereocenters. The monoisotopic (exact) mass is 768 g/mol. The van der Waals surface area contributed by atoms with Crippen LogP contribution < -0.4 is 5.32 Å². The first-order chi connectivity index (χ1) is 25.3. The Morgan fingerprint density at radius 1 is 0.868 bits per heavy atom. The van der Waals surface area contributed by atoms with Crippen molar-refractivity contribution in [3.8, 4) is 22.9 Å². The molecule has 53 heavy (non-hydrogen) atoms. The summed E-state index contributed by atoms with van der Waals surface area (Å²) in [5.41, 5.74) is 4.15. The van der Waals surface area contributed by atoms with Gasteiger partial charge in [-0.1, -0.05) is 110 Å². The fourth-order valence-corrected chi connectivity index (χ4v) is 5.99. The minimum Gasteiger partial charge on any atom is -0.508 e. The van der Waals surface area contributed by atoms with E-state index in [1.807, 2.05) is 12.1 Å². The molecule has 2 aromatic carbocycles. The maximum Gasteiger partial charge on any atom is 0.306 e. The van der Waals surface area contributed by atoms with Crippen molar-refractivity contribution < 1.29 is 24.5 Å². The number of carbonyl (C=O) groups is 2. The number of aromatic hydroxyl groups is 2. The number of hydrogen-bond acceptors (Lipinski definition) is 8. The molecule has 0 aliphatic heterocycles. The quantitative estimate of drug-likeness (QED) is 0.0258. The Morgan fingerprint density at radius 2 is 1.38 bits per heavy atom. The first kappa shape index (κ1) is 45.2. The molecule has 292 valence electrons. The van der Waals surface area contributed by atoms with E-state index in [4.69, 9.17) is 26.6 Å². The molecular formula is C41H59ClN5O5S-. The summed E-state index contributed by atoms with van der Waals surface area (Å²) in [6.45, 7) is 12.4. The van der Waals surface area contributed by atoms with Gasteiger partial charge >= 0.3 is 5.97 Å². The lowest BCUT2D eigenvalue weighted by atomic mass is 9.92. The minimum absolute atomic E-state index is 0.0735. The van der Waals surface area contributed by atoms with Crippen LogP contribution in [0.4, 0.5) is 5.69 Å². The third-order valence-electron chi connectivity index (χ3n) is 8.75. The third-order valence-corrected chi connectivity index (χ3v) is 9.11. The first-order valence-electron chi connectivity index (χ1n) is 18.7. The lowest BCUT2D eigenvalue weighted by Crippen LogP contribution is -2.14. The van der Waals surface area contributed by atoms with Gasteiger partial charge in [0.1, 0.15) is 16.5 Å². The number of amides is 1. The number of hydrogen-bond donors (Lipinski definition) is 4. The van der Waals surface area contributed by atoms with E-state index < -0.39 is 0 Å². The summed E-state index contributed by atoms with van der Waals surface area (Å²) in [5.74, 6) is 4.53. The molecule has 0 saturated carbocycles. The van der Waals surface area contributed by atoms with Gasteiger partial charge in [-0.15, -0.1) is 5.10 Å². The van der Waals surface area contributed by atoms with Crippen LogP contribution in [0.25, 0.3) is 17.0 Å². The van der Waals surface area contributed by atoms with Gasteiger partial charge in [-0.3, -0.25) is 14.7 Å². The van der Waals surface area contributed by atoms with Crippen molar-refractivity contribution in [1.29, 1.82) is 0 Å². The number of aromatic nitrogens is 4. The number of ether oxygens (including phenoxy) is 1. The first-order valence-corrected chi connectivity index (χ1v) is 19.6. The van der Waals surface area contributed by atoms with Crippen molar-refractivity contribution in [1.82, 2.24) is 19.8 Å². The van der Waals surface area contributed by atoms with Crippen LogP contribution in [0.5, 0.6) is 11.5 Å². The second kappa shape index (κ2) is 23.7. The number of halogens is 1. The second-order valence-corrected chi connectivity index (χ2v) is 14.8. The molecule has 10 nitrogen and oxygen atoms in total. The molecule has 2 aromatic heterocycles. The Bertz CT molecular complexity index is 1650. The van der Waals surface area contributed by atoms with E-state index in [2.05, 4.69) is 66.3 Å². The molecule has 0 aliphatic rings. The smallest absolute Gasteiger partial charge is 0.306 e. The molecule has 12 heteroatoms. The zero-order chi connectivity index (χ0) is 39.4. The summed E-state index contributed by atoms with van der Waals surface area (Å²) in [4.78, 5) is 28.9. The number of nitrogens with zero attached hydrogens (tertiary/aromatic N) is 3. The van der Waals surface area contributed by atoms with Crippen molar-refractivity contribution in [3.05, 3.63) is 58.2 Å². The average Bonchev–Trinajstić information content (AvgIpc) is 3.69. The summed E-state index contributed by atoms with van der Waals surface area (Å²) < 4.78 is 6.89. The molecule has 2 heterocycles. The highest BCUT2D eigenvalue weighted by Crippen LogP contribution is 2.32. The molecule has 0 spiro atoms. The molecule has 0 radical (unpaired) electrons. The second-order valence-electron chi connectivity index (χ2n) is 14.4. The summed E-state index contributed by atoms with van der Waals surface area (Å²) >= 11 is 10.1. The number of fused-ring (bicyclic) bond motifs is 1. The fourth-order valence-electron chi connectivity index (χ4n) is 5.55. The number of phenolic OH excluding ortho intramolecular Hbond substituents is 2. The highest BCUT2D eigenvalue weighted by Gasteiger charge is 2.24. The van der Waals surface area contributed by atoms with Crippen LogP contribution >= 0.6 is 23.8 Å². The molecular weight excluding hydrogens is 710 g/mol. The van der Waals surface area contributed by atoms with Crippen LogP contribution in [0, 0.1) is 13.8 Å². The number of H-pyrrole nitrogens is 1. The Labute approximate surface area is 326 Å². The summed E-state index contributed by atoms with van der Waals surface area (Å²) in [5, 5.41) is 29.3. The van der Waals surface area contributed by atoms with E-state index >= 15 is 0 Å². The highest BCUT2D eigenvalue weighted by atomic mass is 35.5. The van der Waals surface area contributed by atoms with Crippen molar-refractivity contribution in [3.63, 3.8) is 0 Å².